The van der Waals surface area contributed by atoms with Crippen LogP contribution >= 0.6 is 0 Å². The van der Waals surface area contributed by atoms with Crippen LogP contribution < -0.4 is 0 Å². The number of aliphatic carboxylic acids is 1. The van der Waals surface area contributed by atoms with Gasteiger partial charge in [-0.15, -0.1) is 0 Å². The first-order valence-corrected chi connectivity index (χ1v) is 7.36. The van der Waals surface area contributed by atoms with Gasteiger partial charge in [-0.25, -0.2) is 9.59 Å². The van der Waals surface area contributed by atoms with E-state index in [2.05, 4.69) is 4.90 Å². The first-order valence-electron chi connectivity index (χ1n) is 7.36. The highest BCUT2D eigenvalue weighted by molar-refractivity contribution is 5.84. The number of likely N-dealkylation sites (tertiary alicyclic amines) is 2. The number of likely N-dealkylation sites (N-methyl/N-ethyl adjacent to an activating group) is 1. The highest BCUT2D eigenvalue weighted by Crippen LogP contribution is 2.28. The van der Waals surface area contributed by atoms with Gasteiger partial charge in [-0.2, -0.15) is 0 Å². The van der Waals surface area contributed by atoms with Crippen LogP contribution in [-0.4, -0.2) is 77.6 Å². The first kappa shape index (κ1) is 15.1. The summed E-state index contributed by atoms with van der Waals surface area (Å²) in [6.45, 7) is 4.05. The summed E-state index contributed by atoms with van der Waals surface area (Å²) in [6.07, 6.45) is 2.78. The van der Waals surface area contributed by atoms with Crippen molar-refractivity contribution in [2.24, 2.45) is 5.92 Å². The average molecular weight is 283 g/mol. The highest BCUT2D eigenvalue weighted by Gasteiger charge is 2.43. The quantitative estimate of drug-likeness (QED) is 0.837. The Hall–Kier alpha value is -1.30. The Labute approximate surface area is 120 Å². The number of carbonyl (C=O) groups excluding carboxylic acids is 1. The number of hydrogen-bond donors (Lipinski definition) is 1. The SMILES string of the molecule is CC1CCN(C(=O)N2CCCC2CN(C)C)C1C(=O)O. The average Bonchev–Trinajstić information content (AvgIpc) is 2.94. The maximum atomic E-state index is 12.7. The van der Waals surface area contributed by atoms with Gasteiger partial charge in [0, 0.05) is 25.7 Å². The number of hydrogen-bond acceptors (Lipinski definition) is 3. The van der Waals surface area contributed by atoms with Crippen molar-refractivity contribution in [2.45, 2.75) is 38.3 Å². The Morgan fingerprint density at radius 3 is 2.50 bits per heavy atom. The second-order valence-electron chi connectivity index (χ2n) is 6.28. The lowest BCUT2D eigenvalue weighted by molar-refractivity contribution is -0.142. The number of nitrogens with zero attached hydrogens (tertiary/aromatic N) is 3. The molecule has 0 saturated carbocycles. The van der Waals surface area contributed by atoms with E-state index in [1.807, 2.05) is 25.9 Å². The molecule has 2 saturated heterocycles. The molecule has 0 aromatic carbocycles. The van der Waals surface area contributed by atoms with Crippen LogP contribution in [0.25, 0.3) is 0 Å². The molecular weight excluding hydrogens is 258 g/mol. The molecule has 0 radical (unpaired) electrons. The van der Waals surface area contributed by atoms with Crippen LogP contribution in [0.15, 0.2) is 0 Å². The zero-order chi connectivity index (χ0) is 14.9. The Bertz CT molecular complexity index is 386. The predicted molar refractivity (Wildman–Crippen MR) is 75.6 cm³/mol. The van der Waals surface area contributed by atoms with Crippen molar-refractivity contribution in [1.82, 2.24) is 14.7 Å². The van der Waals surface area contributed by atoms with E-state index in [-0.39, 0.29) is 18.0 Å². The van der Waals surface area contributed by atoms with E-state index in [0.717, 1.165) is 32.4 Å². The number of amides is 2. The molecule has 0 aromatic rings. The topological polar surface area (TPSA) is 64.1 Å². The molecule has 1 N–H and O–H groups in total. The fraction of sp³-hybridized carbons (Fsp3) is 0.857. The lowest BCUT2D eigenvalue weighted by Gasteiger charge is -2.33. The van der Waals surface area contributed by atoms with Crippen molar-refractivity contribution >= 4 is 12.0 Å². The van der Waals surface area contributed by atoms with E-state index in [9.17, 15) is 14.7 Å². The molecule has 2 amide bonds. The van der Waals surface area contributed by atoms with Crippen LogP contribution in [0.2, 0.25) is 0 Å². The van der Waals surface area contributed by atoms with Crippen molar-refractivity contribution in [3.8, 4) is 0 Å². The molecule has 0 aliphatic carbocycles. The molecule has 0 spiro atoms. The summed E-state index contributed by atoms with van der Waals surface area (Å²) >= 11 is 0. The van der Waals surface area contributed by atoms with Gasteiger partial charge in [0.05, 0.1) is 0 Å². The summed E-state index contributed by atoms with van der Waals surface area (Å²) in [4.78, 5) is 29.6. The zero-order valence-corrected chi connectivity index (χ0v) is 12.6. The zero-order valence-electron chi connectivity index (χ0n) is 12.6. The summed E-state index contributed by atoms with van der Waals surface area (Å²) < 4.78 is 0. The third kappa shape index (κ3) is 2.90. The van der Waals surface area contributed by atoms with Gasteiger partial charge >= 0.3 is 12.0 Å². The maximum Gasteiger partial charge on any atom is 0.326 e. The number of carbonyl (C=O) groups is 2. The second-order valence-corrected chi connectivity index (χ2v) is 6.28. The molecule has 0 aromatic heterocycles. The first-order chi connectivity index (χ1) is 9.41. The Morgan fingerprint density at radius 1 is 1.20 bits per heavy atom. The van der Waals surface area contributed by atoms with Gasteiger partial charge < -0.3 is 19.8 Å². The summed E-state index contributed by atoms with van der Waals surface area (Å²) in [6, 6.07) is -0.544. The molecule has 20 heavy (non-hydrogen) atoms. The third-order valence-electron chi connectivity index (χ3n) is 4.40. The smallest absolute Gasteiger partial charge is 0.326 e. The lowest BCUT2D eigenvalue weighted by atomic mass is 10.0. The molecule has 2 aliphatic rings. The van der Waals surface area contributed by atoms with Crippen LogP contribution in [0.5, 0.6) is 0 Å². The van der Waals surface area contributed by atoms with Crippen LogP contribution in [0.1, 0.15) is 26.2 Å². The monoisotopic (exact) mass is 283 g/mol. The van der Waals surface area contributed by atoms with E-state index in [0.29, 0.717) is 6.54 Å². The maximum absolute atomic E-state index is 12.7. The third-order valence-corrected chi connectivity index (χ3v) is 4.40. The second kappa shape index (κ2) is 5.99. The minimum atomic E-state index is -0.883. The number of carboxylic acids is 1. The van der Waals surface area contributed by atoms with Gasteiger partial charge in [0.2, 0.25) is 0 Å². The van der Waals surface area contributed by atoms with E-state index < -0.39 is 12.0 Å². The van der Waals surface area contributed by atoms with Crippen LogP contribution in [0.4, 0.5) is 4.79 Å². The number of carboxylic acid groups (broad SMARTS) is 1. The van der Waals surface area contributed by atoms with Crippen LogP contribution in [-0.2, 0) is 4.79 Å². The van der Waals surface area contributed by atoms with Crippen molar-refractivity contribution in [2.75, 3.05) is 33.7 Å². The highest BCUT2D eigenvalue weighted by atomic mass is 16.4. The van der Waals surface area contributed by atoms with E-state index >= 15 is 0 Å². The molecule has 6 heteroatoms. The van der Waals surface area contributed by atoms with Gasteiger partial charge in [0.25, 0.3) is 0 Å². The van der Waals surface area contributed by atoms with E-state index in [4.69, 9.17) is 0 Å². The Morgan fingerprint density at radius 2 is 1.90 bits per heavy atom. The van der Waals surface area contributed by atoms with Crippen molar-refractivity contribution < 1.29 is 14.7 Å². The standard InChI is InChI=1S/C14H25N3O3/c1-10-6-8-17(12(10)13(18)19)14(20)16-7-4-5-11(16)9-15(2)3/h10-12H,4-9H2,1-3H3,(H,18,19). The molecule has 2 fully saturated rings. The minimum absolute atomic E-state index is 0.0337. The van der Waals surface area contributed by atoms with Crippen LogP contribution in [0.3, 0.4) is 0 Å². The summed E-state index contributed by atoms with van der Waals surface area (Å²) in [7, 11) is 4.00. The molecule has 3 atom stereocenters. The van der Waals surface area contributed by atoms with Gasteiger partial charge in [-0.05, 0) is 39.3 Å². The van der Waals surface area contributed by atoms with Crippen molar-refractivity contribution in [3.05, 3.63) is 0 Å². The minimum Gasteiger partial charge on any atom is -0.480 e. The molecule has 3 unspecified atom stereocenters. The molecule has 2 aliphatic heterocycles. The van der Waals surface area contributed by atoms with Crippen LogP contribution in [0, 0.1) is 5.92 Å². The Kier molecular flexibility index (Phi) is 4.52. The number of rotatable bonds is 3. The molecule has 114 valence electrons. The van der Waals surface area contributed by atoms with Gasteiger partial charge in [-0.3, -0.25) is 0 Å². The molecule has 0 bridgehead atoms. The lowest BCUT2D eigenvalue weighted by Crippen LogP contribution is -2.52. The molecule has 2 rings (SSSR count). The van der Waals surface area contributed by atoms with Crippen molar-refractivity contribution in [3.63, 3.8) is 0 Å². The molecule has 2 heterocycles. The normalized spacial score (nSPS) is 30.3. The predicted octanol–water partition coefficient (Wildman–Crippen LogP) is 0.927. The van der Waals surface area contributed by atoms with Gasteiger partial charge in [0.1, 0.15) is 6.04 Å². The van der Waals surface area contributed by atoms with Gasteiger partial charge in [-0.1, -0.05) is 6.92 Å². The molecular formula is C14H25N3O3. The van der Waals surface area contributed by atoms with Gasteiger partial charge in [0.15, 0.2) is 0 Å². The fourth-order valence-corrected chi connectivity index (χ4v) is 3.40. The van der Waals surface area contributed by atoms with E-state index in [1.165, 1.54) is 0 Å². The van der Waals surface area contributed by atoms with E-state index in [1.54, 1.807) is 4.90 Å². The fourth-order valence-electron chi connectivity index (χ4n) is 3.40. The number of urea groups is 1. The summed E-state index contributed by atoms with van der Waals surface area (Å²) in [5, 5.41) is 9.34. The van der Waals surface area contributed by atoms with Crippen molar-refractivity contribution in [1.29, 1.82) is 0 Å². The summed E-state index contributed by atoms with van der Waals surface area (Å²) in [5.74, 6) is -0.849. The summed E-state index contributed by atoms with van der Waals surface area (Å²) in [5.41, 5.74) is 0. The molecule has 6 nitrogen and oxygen atoms in total. The largest absolute Gasteiger partial charge is 0.480 e. The Balaban J connectivity index is 2.08.